The molecule has 3 rings (SSSR count). The number of carbonyl (C=O) groups excluding carboxylic acids is 1. The maximum absolute atomic E-state index is 13.3. The molecule has 6 nitrogen and oxygen atoms in total. The number of carbonyl (C=O) groups is 1. The van der Waals surface area contributed by atoms with E-state index in [9.17, 15) is 9.18 Å². The number of benzene rings is 1. The normalized spacial score (nSPS) is 14.7. The summed E-state index contributed by atoms with van der Waals surface area (Å²) < 4.78 is 18.7. The number of nitrogens with one attached hydrogen (secondary N) is 3. The molecule has 0 atom stereocenters. The molecule has 0 fully saturated rings. The van der Waals surface area contributed by atoms with Gasteiger partial charge in [0.2, 0.25) is 0 Å². The lowest BCUT2D eigenvalue weighted by Gasteiger charge is -2.12. The van der Waals surface area contributed by atoms with Gasteiger partial charge >= 0.3 is 6.09 Å². The number of hydrogen-bond donors (Lipinski definition) is 3. The molecular formula is C21H21FN4O2S. The zero-order valence-electron chi connectivity index (χ0n) is 16.3. The zero-order chi connectivity index (χ0) is 21.0. The number of amides is 1. The largest absolute Gasteiger partial charge is 0.444 e. The summed E-state index contributed by atoms with van der Waals surface area (Å²) in [5.41, 5.74) is 3.97. The van der Waals surface area contributed by atoms with Crippen molar-refractivity contribution in [2.45, 2.75) is 20.5 Å². The molecule has 0 radical (unpaired) electrons. The second-order valence-electron chi connectivity index (χ2n) is 6.42. The number of aromatic nitrogens is 1. The van der Waals surface area contributed by atoms with E-state index in [1.807, 2.05) is 13.8 Å². The van der Waals surface area contributed by atoms with E-state index < -0.39 is 6.09 Å². The Labute approximate surface area is 172 Å². The topological polar surface area (TPSA) is 87.1 Å². The van der Waals surface area contributed by atoms with Gasteiger partial charge in [-0.3, -0.25) is 5.32 Å². The first-order chi connectivity index (χ1) is 13.9. The number of aryl methyl sites for hydroxylation is 2. The van der Waals surface area contributed by atoms with E-state index in [1.54, 1.807) is 37.5 Å². The molecule has 1 amide bonds. The van der Waals surface area contributed by atoms with Crippen LogP contribution in [0, 0.1) is 25.1 Å². The Morgan fingerprint density at radius 1 is 1.34 bits per heavy atom. The molecule has 0 saturated heterocycles. The first-order valence-electron chi connectivity index (χ1n) is 8.90. The molecule has 0 aliphatic heterocycles. The van der Waals surface area contributed by atoms with Crippen molar-refractivity contribution in [3.63, 3.8) is 0 Å². The Hall–Kier alpha value is -3.26. The maximum atomic E-state index is 13.3. The van der Waals surface area contributed by atoms with Gasteiger partial charge in [-0.25, -0.2) is 14.2 Å². The Morgan fingerprint density at radius 3 is 2.86 bits per heavy atom. The third kappa shape index (κ3) is 4.97. The second kappa shape index (κ2) is 8.83. The summed E-state index contributed by atoms with van der Waals surface area (Å²) in [6.45, 7) is 3.77. The van der Waals surface area contributed by atoms with Crippen molar-refractivity contribution in [2.75, 3.05) is 7.05 Å². The predicted molar refractivity (Wildman–Crippen MR) is 112 cm³/mol. The third-order valence-electron chi connectivity index (χ3n) is 4.24. The number of nitrogens with zero attached hydrogens (tertiary/aromatic N) is 1. The molecule has 1 aliphatic carbocycles. The Morgan fingerprint density at radius 2 is 2.14 bits per heavy atom. The Kier molecular flexibility index (Phi) is 6.23. The second-order valence-corrected chi connectivity index (χ2v) is 7.51. The number of thiazole rings is 1. The minimum Gasteiger partial charge on any atom is -0.444 e. The molecule has 1 aliphatic rings. The summed E-state index contributed by atoms with van der Waals surface area (Å²) >= 11 is 1.42. The van der Waals surface area contributed by atoms with Gasteiger partial charge in [-0.15, -0.1) is 11.3 Å². The van der Waals surface area contributed by atoms with Crippen LogP contribution in [0.15, 0.2) is 53.9 Å². The Bertz CT molecular complexity index is 1050. The summed E-state index contributed by atoms with van der Waals surface area (Å²) in [6, 6.07) is 4.58. The van der Waals surface area contributed by atoms with Gasteiger partial charge in [0.15, 0.2) is 0 Å². The zero-order valence-corrected chi connectivity index (χ0v) is 17.1. The number of rotatable bonds is 5. The fraction of sp³-hybridized carbons (Fsp3) is 0.190. The molecule has 1 aromatic carbocycles. The van der Waals surface area contributed by atoms with Crippen molar-refractivity contribution in [1.82, 2.24) is 15.6 Å². The highest BCUT2D eigenvalue weighted by atomic mass is 32.1. The van der Waals surface area contributed by atoms with Gasteiger partial charge in [0, 0.05) is 30.1 Å². The summed E-state index contributed by atoms with van der Waals surface area (Å²) in [5.74, 6) is -0.284. The predicted octanol–water partition coefficient (Wildman–Crippen LogP) is 4.37. The maximum Gasteiger partial charge on any atom is 0.411 e. The van der Waals surface area contributed by atoms with Crippen LogP contribution in [0.25, 0.3) is 10.6 Å². The van der Waals surface area contributed by atoms with E-state index in [-0.39, 0.29) is 12.4 Å². The molecule has 8 heteroatoms. The minimum atomic E-state index is -0.592. The number of halogens is 1. The van der Waals surface area contributed by atoms with Gasteiger partial charge in [-0.05, 0) is 55.8 Å². The molecule has 29 heavy (non-hydrogen) atoms. The number of hydrogen-bond acceptors (Lipinski definition) is 6. The molecule has 0 bridgehead atoms. The highest BCUT2D eigenvalue weighted by Gasteiger charge is 2.15. The van der Waals surface area contributed by atoms with Crippen molar-refractivity contribution in [2.24, 2.45) is 0 Å². The summed E-state index contributed by atoms with van der Waals surface area (Å²) in [7, 11) is 1.74. The van der Waals surface area contributed by atoms with Gasteiger partial charge < -0.3 is 15.5 Å². The third-order valence-corrected chi connectivity index (χ3v) is 5.41. The lowest BCUT2D eigenvalue weighted by atomic mass is 10.0. The highest BCUT2D eigenvalue weighted by Crippen LogP contribution is 2.31. The monoisotopic (exact) mass is 412 g/mol. The lowest BCUT2D eigenvalue weighted by Crippen LogP contribution is -2.24. The number of ether oxygens (including phenoxy) is 1. The molecular weight excluding hydrogens is 391 g/mol. The van der Waals surface area contributed by atoms with E-state index in [1.165, 1.54) is 23.5 Å². The molecule has 0 unspecified atom stereocenters. The van der Waals surface area contributed by atoms with Gasteiger partial charge in [0.05, 0.1) is 16.3 Å². The molecule has 150 valence electrons. The van der Waals surface area contributed by atoms with Crippen LogP contribution in [-0.4, -0.2) is 23.8 Å². The Balaban J connectivity index is 1.65. The van der Waals surface area contributed by atoms with Crippen LogP contribution in [-0.2, 0) is 11.3 Å². The van der Waals surface area contributed by atoms with Crippen LogP contribution < -0.4 is 10.6 Å². The first-order valence-corrected chi connectivity index (χ1v) is 9.71. The van der Waals surface area contributed by atoms with Crippen molar-refractivity contribution >= 4 is 23.1 Å². The molecule has 2 aromatic rings. The molecule has 1 heterocycles. The fourth-order valence-corrected chi connectivity index (χ4v) is 3.81. The SMILES string of the molecule is CN/C=C1/C=C(NC(=O)OCc2sc(-c3ccc(F)cc3C)nc2C)C=CC1=N. The van der Waals surface area contributed by atoms with E-state index in [0.29, 0.717) is 17.0 Å². The van der Waals surface area contributed by atoms with Crippen molar-refractivity contribution in [3.05, 3.63) is 75.8 Å². The van der Waals surface area contributed by atoms with Gasteiger partial charge in [-0.1, -0.05) is 0 Å². The standard InChI is InChI=1S/C21H21FN4O2S/c1-12-8-15(22)4-6-17(12)20-25-13(2)19(29-20)11-28-21(27)26-16-5-7-18(23)14(9-16)10-24-3/h4-10,23-24H,11H2,1-3H3,(H,26,27)/b14-10-,23-18?. The number of alkyl carbamates (subject to hydrolysis) is 1. The van der Waals surface area contributed by atoms with Crippen LogP contribution >= 0.6 is 11.3 Å². The first kappa shape index (κ1) is 20.5. The average Bonchev–Trinajstić information content (AvgIpc) is 3.03. The van der Waals surface area contributed by atoms with E-state index in [4.69, 9.17) is 10.1 Å². The van der Waals surface area contributed by atoms with E-state index in [0.717, 1.165) is 26.7 Å². The van der Waals surface area contributed by atoms with Crippen molar-refractivity contribution in [1.29, 1.82) is 5.41 Å². The highest BCUT2D eigenvalue weighted by molar-refractivity contribution is 7.15. The van der Waals surface area contributed by atoms with Gasteiger partial charge in [0.25, 0.3) is 0 Å². The molecule has 0 saturated carbocycles. The number of allylic oxidation sites excluding steroid dienone is 4. The van der Waals surface area contributed by atoms with E-state index in [2.05, 4.69) is 15.6 Å². The molecule has 1 aromatic heterocycles. The average molecular weight is 412 g/mol. The summed E-state index contributed by atoms with van der Waals surface area (Å²) in [5, 5.41) is 14.1. The van der Waals surface area contributed by atoms with Gasteiger partial charge in [0.1, 0.15) is 17.4 Å². The van der Waals surface area contributed by atoms with Crippen molar-refractivity contribution in [3.8, 4) is 10.6 Å². The van der Waals surface area contributed by atoms with Crippen LogP contribution in [0.3, 0.4) is 0 Å². The lowest BCUT2D eigenvalue weighted by molar-refractivity contribution is 0.143. The van der Waals surface area contributed by atoms with Crippen LogP contribution in [0.2, 0.25) is 0 Å². The minimum absolute atomic E-state index is 0.0849. The fourth-order valence-electron chi connectivity index (χ4n) is 2.74. The molecule has 0 spiro atoms. The van der Waals surface area contributed by atoms with Crippen molar-refractivity contribution < 1.29 is 13.9 Å². The van der Waals surface area contributed by atoms with Gasteiger partial charge in [-0.2, -0.15) is 0 Å². The summed E-state index contributed by atoms with van der Waals surface area (Å²) in [6.07, 6.45) is 6.02. The van der Waals surface area contributed by atoms with Crippen LogP contribution in [0.1, 0.15) is 16.1 Å². The van der Waals surface area contributed by atoms with E-state index >= 15 is 0 Å². The van der Waals surface area contributed by atoms with Crippen LogP contribution in [0.5, 0.6) is 0 Å². The molecule has 3 N–H and O–H groups in total. The quantitative estimate of drug-likeness (QED) is 0.681. The van der Waals surface area contributed by atoms with Crippen LogP contribution in [0.4, 0.5) is 9.18 Å². The summed E-state index contributed by atoms with van der Waals surface area (Å²) in [4.78, 5) is 17.5. The smallest absolute Gasteiger partial charge is 0.411 e.